The first-order valence-electron chi connectivity index (χ1n) is 9.77. The van der Waals surface area contributed by atoms with Gasteiger partial charge >= 0.3 is 0 Å². The lowest BCUT2D eigenvalue weighted by Gasteiger charge is -2.25. The van der Waals surface area contributed by atoms with Gasteiger partial charge in [-0.15, -0.1) is 0 Å². The van der Waals surface area contributed by atoms with Crippen LogP contribution >= 0.6 is 0 Å². The van der Waals surface area contributed by atoms with Crippen LogP contribution < -0.4 is 5.32 Å². The molecule has 1 aromatic rings. The second-order valence-corrected chi connectivity index (χ2v) is 7.89. The molecule has 3 amide bonds. The molecule has 27 heavy (non-hydrogen) atoms. The summed E-state index contributed by atoms with van der Waals surface area (Å²) in [4.78, 5) is 40.8. The molecule has 0 bridgehead atoms. The summed E-state index contributed by atoms with van der Waals surface area (Å²) in [6.07, 6.45) is 4.66. The Kier molecular flexibility index (Phi) is 5.82. The zero-order valence-electron chi connectivity index (χ0n) is 16.5. The number of aryl methyl sites for hydroxylation is 2. The second kappa shape index (κ2) is 8.11. The number of benzene rings is 1. The van der Waals surface area contributed by atoms with E-state index in [-0.39, 0.29) is 36.6 Å². The van der Waals surface area contributed by atoms with Crippen LogP contribution in [0.25, 0.3) is 0 Å². The number of amides is 3. The van der Waals surface area contributed by atoms with E-state index in [4.69, 9.17) is 0 Å². The van der Waals surface area contributed by atoms with E-state index < -0.39 is 0 Å². The summed E-state index contributed by atoms with van der Waals surface area (Å²) < 4.78 is 0. The number of rotatable bonds is 5. The van der Waals surface area contributed by atoms with E-state index in [1.54, 1.807) is 7.05 Å². The maximum atomic E-state index is 12.7. The minimum absolute atomic E-state index is 0.0132. The smallest absolute Gasteiger partial charge is 0.243 e. The van der Waals surface area contributed by atoms with Gasteiger partial charge in [0.05, 0.1) is 12.5 Å². The summed E-state index contributed by atoms with van der Waals surface area (Å²) in [6, 6.07) is 6.13. The number of carbonyl (C=O) groups is 3. The molecule has 1 aliphatic heterocycles. The summed E-state index contributed by atoms with van der Waals surface area (Å²) in [6.45, 7) is 4.37. The van der Waals surface area contributed by atoms with E-state index >= 15 is 0 Å². The van der Waals surface area contributed by atoms with Crippen LogP contribution in [0.3, 0.4) is 0 Å². The highest BCUT2D eigenvalue weighted by Gasteiger charge is 2.39. The van der Waals surface area contributed by atoms with Crippen molar-refractivity contribution >= 4 is 23.4 Å². The molecule has 1 saturated heterocycles. The molecule has 6 nitrogen and oxygen atoms in total. The molecule has 0 aromatic heterocycles. The Morgan fingerprint density at radius 1 is 1.19 bits per heavy atom. The average molecular weight is 371 g/mol. The molecule has 0 spiro atoms. The normalized spacial score (nSPS) is 20.2. The van der Waals surface area contributed by atoms with Crippen LogP contribution in [0.15, 0.2) is 18.2 Å². The Morgan fingerprint density at radius 3 is 2.44 bits per heavy atom. The zero-order chi connectivity index (χ0) is 19.6. The van der Waals surface area contributed by atoms with Crippen molar-refractivity contribution in [2.24, 2.45) is 5.92 Å². The first kappa shape index (κ1) is 19.4. The van der Waals surface area contributed by atoms with Crippen molar-refractivity contribution in [2.75, 3.05) is 25.5 Å². The van der Waals surface area contributed by atoms with Gasteiger partial charge in [-0.3, -0.25) is 14.4 Å². The number of nitrogens with zero attached hydrogens (tertiary/aromatic N) is 2. The number of hydrogen-bond acceptors (Lipinski definition) is 3. The fourth-order valence-corrected chi connectivity index (χ4v) is 4.26. The summed E-state index contributed by atoms with van der Waals surface area (Å²) in [7, 11) is 1.63. The Balaban J connectivity index is 1.56. The van der Waals surface area contributed by atoms with Gasteiger partial charge in [0.2, 0.25) is 17.7 Å². The highest BCUT2D eigenvalue weighted by Crippen LogP contribution is 2.30. The van der Waals surface area contributed by atoms with Gasteiger partial charge in [-0.1, -0.05) is 31.0 Å². The van der Waals surface area contributed by atoms with E-state index in [0.717, 1.165) is 42.5 Å². The maximum Gasteiger partial charge on any atom is 0.243 e. The Morgan fingerprint density at radius 2 is 1.81 bits per heavy atom. The zero-order valence-corrected chi connectivity index (χ0v) is 16.5. The third kappa shape index (κ3) is 4.31. The number of nitrogens with one attached hydrogen (secondary N) is 1. The van der Waals surface area contributed by atoms with Crippen molar-refractivity contribution in [3.05, 3.63) is 29.3 Å². The fraction of sp³-hybridized carbons (Fsp3) is 0.571. The SMILES string of the molecule is Cc1cccc(C)c1NC(=O)CN(C)C(=O)[C@@H]1CC(=O)N(C2CCCC2)C1. The number of carbonyl (C=O) groups excluding carboxylic acids is 3. The van der Waals surface area contributed by atoms with Crippen molar-refractivity contribution in [1.29, 1.82) is 0 Å². The van der Waals surface area contributed by atoms with Crippen molar-refractivity contribution in [3.8, 4) is 0 Å². The lowest BCUT2D eigenvalue weighted by Crippen LogP contribution is -2.40. The summed E-state index contributed by atoms with van der Waals surface area (Å²) in [5.41, 5.74) is 2.78. The van der Waals surface area contributed by atoms with Gasteiger partial charge in [0.15, 0.2) is 0 Å². The molecule has 3 rings (SSSR count). The van der Waals surface area contributed by atoms with Gasteiger partial charge in [-0.25, -0.2) is 0 Å². The van der Waals surface area contributed by atoms with Crippen molar-refractivity contribution in [2.45, 2.75) is 52.0 Å². The van der Waals surface area contributed by atoms with Crippen LogP contribution in [-0.2, 0) is 14.4 Å². The maximum absolute atomic E-state index is 12.7. The third-order valence-electron chi connectivity index (χ3n) is 5.78. The Labute approximate surface area is 160 Å². The number of hydrogen-bond donors (Lipinski definition) is 1. The van der Waals surface area contributed by atoms with Crippen LogP contribution in [0.4, 0.5) is 5.69 Å². The molecular weight excluding hydrogens is 342 g/mol. The van der Waals surface area contributed by atoms with Gasteiger partial charge in [0.1, 0.15) is 0 Å². The highest BCUT2D eigenvalue weighted by molar-refractivity contribution is 5.97. The minimum Gasteiger partial charge on any atom is -0.339 e. The van der Waals surface area contributed by atoms with Crippen LogP contribution in [-0.4, -0.2) is 53.7 Å². The van der Waals surface area contributed by atoms with E-state index in [1.165, 1.54) is 4.90 Å². The molecule has 1 aliphatic carbocycles. The topological polar surface area (TPSA) is 69.7 Å². The number of likely N-dealkylation sites (N-methyl/N-ethyl adjacent to an activating group) is 1. The fourth-order valence-electron chi connectivity index (χ4n) is 4.26. The monoisotopic (exact) mass is 371 g/mol. The van der Waals surface area contributed by atoms with E-state index in [1.807, 2.05) is 36.9 Å². The molecule has 0 radical (unpaired) electrons. The van der Waals surface area contributed by atoms with Crippen molar-refractivity contribution < 1.29 is 14.4 Å². The number of likely N-dealkylation sites (tertiary alicyclic amines) is 1. The lowest BCUT2D eigenvalue weighted by atomic mass is 10.1. The third-order valence-corrected chi connectivity index (χ3v) is 5.78. The van der Waals surface area contributed by atoms with Crippen LogP contribution in [0.5, 0.6) is 0 Å². The first-order valence-corrected chi connectivity index (χ1v) is 9.77. The largest absolute Gasteiger partial charge is 0.339 e. The van der Waals surface area contributed by atoms with Crippen molar-refractivity contribution in [3.63, 3.8) is 0 Å². The minimum atomic E-state index is -0.337. The molecule has 6 heteroatoms. The molecule has 2 fully saturated rings. The molecule has 0 unspecified atom stereocenters. The van der Waals surface area contributed by atoms with Gasteiger partial charge in [0, 0.05) is 31.7 Å². The molecule has 146 valence electrons. The molecule has 1 heterocycles. The summed E-state index contributed by atoms with van der Waals surface area (Å²) in [5.74, 6) is -0.606. The quantitative estimate of drug-likeness (QED) is 0.864. The molecular formula is C21H29N3O3. The molecule has 1 N–H and O–H groups in total. The molecule has 1 aromatic carbocycles. The van der Waals surface area contributed by atoms with Crippen molar-refractivity contribution in [1.82, 2.24) is 9.80 Å². The number of anilines is 1. The van der Waals surface area contributed by atoms with Gasteiger partial charge in [-0.05, 0) is 37.8 Å². The molecule has 2 aliphatic rings. The Bertz CT molecular complexity index is 720. The summed E-state index contributed by atoms with van der Waals surface area (Å²) in [5, 5.41) is 2.91. The predicted octanol–water partition coefficient (Wildman–Crippen LogP) is 2.49. The van der Waals surface area contributed by atoms with Gasteiger partial charge in [0.25, 0.3) is 0 Å². The summed E-state index contributed by atoms with van der Waals surface area (Å²) >= 11 is 0. The average Bonchev–Trinajstić information content (AvgIpc) is 3.27. The van der Waals surface area contributed by atoms with Gasteiger partial charge < -0.3 is 15.1 Å². The molecule has 1 saturated carbocycles. The molecule has 1 atom stereocenters. The first-order chi connectivity index (χ1) is 12.9. The Hall–Kier alpha value is -2.37. The van der Waals surface area contributed by atoms with Crippen LogP contribution in [0, 0.1) is 19.8 Å². The van der Waals surface area contributed by atoms with Gasteiger partial charge in [-0.2, -0.15) is 0 Å². The number of para-hydroxylation sites is 1. The highest BCUT2D eigenvalue weighted by atomic mass is 16.2. The lowest BCUT2D eigenvalue weighted by molar-refractivity contribution is -0.137. The van der Waals surface area contributed by atoms with E-state index in [2.05, 4.69) is 5.32 Å². The predicted molar refractivity (Wildman–Crippen MR) is 104 cm³/mol. The van der Waals surface area contributed by atoms with E-state index in [9.17, 15) is 14.4 Å². The van der Waals surface area contributed by atoms with Crippen LogP contribution in [0.1, 0.15) is 43.2 Å². The van der Waals surface area contributed by atoms with Crippen LogP contribution in [0.2, 0.25) is 0 Å². The van der Waals surface area contributed by atoms with E-state index in [0.29, 0.717) is 12.6 Å². The standard InChI is InChI=1S/C21H29N3O3/c1-14-7-6-8-15(2)20(14)22-18(25)13-23(3)21(27)16-11-19(26)24(12-16)17-9-4-5-10-17/h6-8,16-17H,4-5,9-13H2,1-3H3,(H,22,25)/t16-/m1/s1. The second-order valence-electron chi connectivity index (χ2n) is 7.89.